The quantitative estimate of drug-likeness (QED) is 0.486. The summed E-state index contributed by atoms with van der Waals surface area (Å²) in [6, 6.07) is 14.8. The zero-order valence-corrected chi connectivity index (χ0v) is 17.3. The Morgan fingerprint density at radius 2 is 1.78 bits per heavy atom. The van der Waals surface area contributed by atoms with Gasteiger partial charge in [-0.05, 0) is 48.5 Å². The molecule has 0 spiro atoms. The van der Waals surface area contributed by atoms with E-state index in [-0.39, 0.29) is 17.6 Å². The molecule has 1 amide bonds. The smallest absolute Gasteiger partial charge is 0.234 e. The molecule has 0 fully saturated rings. The second kappa shape index (κ2) is 9.05. The van der Waals surface area contributed by atoms with Crippen molar-refractivity contribution in [2.75, 3.05) is 11.1 Å². The molecule has 140 valence electrons. The number of aromatic amines is 1. The van der Waals surface area contributed by atoms with E-state index in [1.165, 1.54) is 11.8 Å². The lowest BCUT2D eigenvalue weighted by Gasteiger charge is -2.08. The third-order valence-corrected chi connectivity index (χ3v) is 4.92. The van der Waals surface area contributed by atoms with Gasteiger partial charge in [-0.25, -0.2) is 4.98 Å². The molecule has 2 aromatic carbocycles. The van der Waals surface area contributed by atoms with E-state index >= 15 is 0 Å². The molecule has 0 aliphatic rings. The largest absolute Gasteiger partial charge is 0.457 e. The van der Waals surface area contributed by atoms with E-state index in [0.717, 1.165) is 16.0 Å². The first-order valence-electron chi connectivity index (χ1n) is 8.38. The van der Waals surface area contributed by atoms with Gasteiger partial charge in [-0.3, -0.25) is 9.89 Å². The average molecular weight is 447 g/mol. The molecular formula is C19H19BrN4O2S. The number of halogens is 1. The van der Waals surface area contributed by atoms with Crippen molar-refractivity contribution in [3.05, 3.63) is 58.8 Å². The Bertz CT molecular complexity index is 895. The second-order valence-corrected chi connectivity index (χ2v) is 7.93. The summed E-state index contributed by atoms with van der Waals surface area (Å²) in [4.78, 5) is 16.4. The van der Waals surface area contributed by atoms with Crippen LogP contribution in [0.3, 0.4) is 0 Å². The van der Waals surface area contributed by atoms with Crippen molar-refractivity contribution >= 4 is 39.3 Å². The maximum atomic E-state index is 12.1. The highest BCUT2D eigenvalue weighted by atomic mass is 79.9. The minimum absolute atomic E-state index is 0.113. The molecule has 0 unspecified atom stereocenters. The number of anilines is 1. The van der Waals surface area contributed by atoms with Gasteiger partial charge in [-0.2, -0.15) is 0 Å². The number of H-pyrrole nitrogens is 1. The minimum atomic E-state index is -0.113. The first-order chi connectivity index (χ1) is 13.0. The van der Waals surface area contributed by atoms with Gasteiger partial charge in [0.05, 0.1) is 5.75 Å². The van der Waals surface area contributed by atoms with Crippen LogP contribution >= 0.6 is 27.7 Å². The van der Waals surface area contributed by atoms with Crippen LogP contribution in [0.4, 0.5) is 5.69 Å². The number of carbonyl (C=O) groups is 1. The SMILES string of the molecule is CC(C)c1nc(SCC(=O)Nc2ccc(Oc3ccc(Br)cc3)cc2)n[nH]1. The van der Waals surface area contributed by atoms with E-state index in [0.29, 0.717) is 16.6 Å². The van der Waals surface area contributed by atoms with Crippen molar-refractivity contribution in [2.45, 2.75) is 24.9 Å². The number of thioether (sulfide) groups is 1. The number of hydrogen-bond donors (Lipinski definition) is 2. The van der Waals surface area contributed by atoms with Crippen LogP contribution in [0.5, 0.6) is 11.5 Å². The average Bonchev–Trinajstić information content (AvgIpc) is 3.13. The van der Waals surface area contributed by atoms with E-state index in [1.54, 1.807) is 12.1 Å². The summed E-state index contributed by atoms with van der Waals surface area (Å²) in [5.41, 5.74) is 0.710. The van der Waals surface area contributed by atoms with Crippen molar-refractivity contribution in [1.29, 1.82) is 0 Å². The molecule has 8 heteroatoms. The van der Waals surface area contributed by atoms with Gasteiger partial charge in [0.1, 0.15) is 17.3 Å². The molecule has 0 bridgehead atoms. The highest BCUT2D eigenvalue weighted by Gasteiger charge is 2.10. The zero-order chi connectivity index (χ0) is 19.2. The Morgan fingerprint density at radius 3 is 2.37 bits per heavy atom. The maximum absolute atomic E-state index is 12.1. The topological polar surface area (TPSA) is 79.9 Å². The summed E-state index contributed by atoms with van der Waals surface area (Å²) < 4.78 is 6.76. The van der Waals surface area contributed by atoms with E-state index < -0.39 is 0 Å². The van der Waals surface area contributed by atoms with Crippen molar-refractivity contribution in [3.63, 3.8) is 0 Å². The number of rotatable bonds is 7. The number of carbonyl (C=O) groups excluding carboxylic acids is 1. The summed E-state index contributed by atoms with van der Waals surface area (Å²) in [5.74, 6) is 2.67. The normalized spacial score (nSPS) is 10.8. The lowest BCUT2D eigenvalue weighted by atomic mass is 10.2. The first-order valence-corrected chi connectivity index (χ1v) is 10.2. The molecular weight excluding hydrogens is 428 g/mol. The Morgan fingerprint density at radius 1 is 1.15 bits per heavy atom. The van der Waals surface area contributed by atoms with Gasteiger partial charge >= 0.3 is 0 Å². The third kappa shape index (κ3) is 5.83. The van der Waals surface area contributed by atoms with Crippen LogP contribution in [0.15, 0.2) is 58.2 Å². The molecule has 3 aromatic rings. The Hall–Kier alpha value is -2.32. The number of aromatic nitrogens is 3. The second-order valence-electron chi connectivity index (χ2n) is 6.08. The minimum Gasteiger partial charge on any atom is -0.457 e. The Balaban J connectivity index is 1.49. The highest BCUT2D eigenvalue weighted by Crippen LogP contribution is 2.24. The van der Waals surface area contributed by atoms with Crippen LogP contribution in [0.2, 0.25) is 0 Å². The van der Waals surface area contributed by atoms with Crippen LogP contribution < -0.4 is 10.1 Å². The van der Waals surface area contributed by atoms with Crippen LogP contribution in [-0.2, 0) is 4.79 Å². The van der Waals surface area contributed by atoms with Gasteiger partial charge in [0.15, 0.2) is 0 Å². The lowest BCUT2D eigenvalue weighted by molar-refractivity contribution is -0.113. The number of ether oxygens (including phenoxy) is 1. The van der Waals surface area contributed by atoms with Crippen molar-refractivity contribution < 1.29 is 9.53 Å². The van der Waals surface area contributed by atoms with Crippen LogP contribution in [0, 0.1) is 0 Å². The molecule has 0 saturated heterocycles. The van der Waals surface area contributed by atoms with E-state index in [1.807, 2.05) is 50.2 Å². The molecule has 0 atom stereocenters. The van der Waals surface area contributed by atoms with E-state index in [4.69, 9.17) is 4.74 Å². The monoisotopic (exact) mass is 446 g/mol. The van der Waals surface area contributed by atoms with Crippen LogP contribution in [0.25, 0.3) is 0 Å². The predicted octanol–water partition coefficient (Wildman–Crippen LogP) is 5.21. The van der Waals surface area contributed by atoms with Gasteiger partial charge in [0.25, 0.3) is 0 Å². The van der Waals surface area contributed by atoms with Gasteiger partial charge in [-0.15, -0.1) is 5.10 Å². The van der Waals surface area contributed by atoms with E-state index in [9.17, 15) is 4.79 Å². The number of benzene rings is 2. The fraction of sp³-hybridized carbons (Fsp3) is 0.211. The third-order valence-electron chi connectivity index (χ3n) is 3.55. The fourth-order valence-electron chi connectivity index (χ4n) is 2.15. The van der Waals surface area contributed by atoms with Gasteiger partial charge in [0, 0.05) is 16.1 Å². The van der Waals surface area contributed by atoms with Gasteiger partial charge < -0.3 is 10.1 Å². The summed E-state index contributed by atoms with van der Waals surface area (Å²) in [6.45, 7) is 4.07. The van der Waals surface area contributed by atoms with Crippen molar-refractivity contribution in [3.8, 4) is 11.5 Å². The number of hydrogen-bond acceptors (Lipinski definition) is 5. The summed E-state index contributed by atoms with van der Waals surface area (Å²) in [6.07, 6.45) is 0. The zero-order valence-electron chi connectivity index (χ0n) is 14.9. The summed E-state index contributed by atoms with van der Waals surface area (Å²) >= 11 is 4.69. The Kier molecular flexibility index (Phi) is 6.52. The van der Waals surface area contributed by atoms with Gasteiger partial charge in [-0.1, -0.05) is 41.5 Å². The van der Waals surface area contributed by atoms with E-state index in [2.05, 4.69) is 36.4 Å². The molecule has 2 N–H and O–H groups in total. The number of nitrogens with zero attached hydrogens (tertiary/aromatic N) is 2. The molecule has 6 nitrogen and oxygen atoms in total. The lowest BCUT2D eigenvalue weighted by Crippen LogP contribution is -2.14. The summed E-state index contributed by atoms with van der Waals surface area (Å²) in [5, 5.41) is 10.4. The van der Waals surface area contributed by atoms with Crippen LogP contribution in [0.1, 0.15) is 25.6 Å². The van der Waals surface area contributed by atoms with Crippen molar-refractivity contribution in [1.82, 2.24) is 15.2 Å². The van der Waals surface area contributed by atoms with Crippen LogP contribution in [-0.4, -0.2) is 26.8 Å². The molecule has 0 aliphatic carbocycles. The van der Waals surface area contributed by atoms with Crippen molar-refractivity contribution in [2.24, 2.45) is 0 Å². The molecule has 1 heterocycles. The highest BCUT2D eigenvalue weighted by molar-refractivity contribution is 9.10. The Labute approximate surface area is 170 Å². The summed E-state index contributed by atoms with van der Waals surface area (Å²) in [7, 11) is 0. The maximum Gasteiger partial charge on any atom is 0.234 e. The molecule has 0 aliphatic heterocycles. The molecule has 0 radical (unpaired) electrons. The predicted molar refractivity (Wildman–Crippen MR) is 110 cm³/mol. The molecule has 3 rings (SSSR count). The number of nitrogens with one attached hydrogen (secondary N) is 2. The van der Waals surface area contributed by atoms with Gasteiger partial charge in [0.2, 0.25) is 11.1 Å². The standard InChI is InChI=1S/C19H19BrN4O2S/c1-12(2)18-22-19(24-23-18)27-11-17(25)21-14-5-9-16(10-6-14)26-15-7-3-13(20)4-8-15/h3-10,12H,11H2,1-2H3,(H,21,25)(H,22,23,24). The molecule has 0 saturated carbocycles. The first kappa shape index (κ1) is 19.4. The molecule has 1 aromatic heterocycles. The fourth-order valence-corrected chi connectivity index (χ4v) is 3.02. The number of amides is 1. The molecule has 27 heavy (non-hydrogen) atoms.